The van der Waals surface area contributed by atoms with Crippen LogP contribution >= 0.6 is 0 Å². The first-order valence-electron chi connectivity index (χ1n) is 5.72. The lowest BCUT2D eigenvalue weighted by Crippen LogP contribution is -2.06. The lowest BCUT2D eigenvalue weighted by Gasteiger charge is -2.11. The zero-order valence-electron chi connectivity index (χ0n) is 9.98. The van der Waals surface area contributed by atoms with Gasteiger partial charge >= 0.3 is 0 Å². The van der Waals surface area contributed by atoms with Crippen LogP contribution in [0.3, 0.4) is 0 Å². The number of rotatable bonds is 4. The van der Waals surface area contributed by atoms with Crippen molar-refractivity contribution in [2.24, 2.45) is 5.73 Å². The lowest BCUT2D eigenvalue weighted by molar-refractivity contribution is 1.03. The Morgan fingerprint density at radius 3 is 2.76 bits per heavy atom. The number of benzene rings is 1. The summed E-state index contributed by atoms with van der Waals surface area (Å²) in [6.07, 6.45) is 3.58. The van der Waals surface area contributed by atoms with Gasteiger partial charge in [0.15, 0.2) is 0 Å². The summed E-state index contributed by atoms with van der Waals surface area (Å²) in [6, 6.07) is 10.3. The third kappa shape index (κ3) is 2.82. The molecule has 1 aromatic carbocycles. The summed E-state index contributed by atoms with van der Waals surface area (Å²) in [5.41, 5.74) is 10.4. The minimum absolute atomic E-state index is 0.504. The van der Waals surface area contributed by atoms with E-state index in [-0.39, 0.29) is 0 Å². The van der Waals surface area contributed by atoms with Crippen molar-refractivity contribution in [3.8, 4) is 0 Å². The van der Waals surface area contributed by atoms with Crippen LogP contribution in [0, 0.1) is 6.92 Å². The normalized spacial score (nSPS) is 10.2. The second-order valence-electron chi connectivity index (χ2n) is 4.02. The molecule has 1 aromatic heterocycles. The lowest BCUT2D eigenvalue weighted by atomic mass is 10.1. The third-order valence-electron chi connectivity index (χ3n) is 2.85. The van der Waals surface area contributed by atoms with E-state index in [9.17, 15) is 0 Å². The molecule has 0 atom stereocenters. The number of aryl methyl sites for hydroxylation is 1. The molecule has 17 heavy (non-hydrogen) atoms. The molecule has 0 fully saturated rings. The largest absolute Gasteiger partial charge is 0.381 e. The Morgan fingerprint density at radius 1 is 1.18 bits per heavy atom. The molecule has 2 aromatic rings. The Balaban J connectivity index is 2.10. The number of nitrogens with zero attached hydrogens (tertiary/aromatic N) is 1. The van der Waals surface area contributed by atoms with E-state index in [1.165, 1.54) is 11.1 Å². The number of aromatic nitrogens is 1. The van der Waals surface area contributed by atoms with Crippen molar-refractivity contribution in [3.63, 3.8) is 0 Å². The molecule has 0 bridgehead atoms. The third-order valence-corrected chi connectivity index (χ3v) is 2.85. The summed E-state index contributed by atoms with van der Waals surface area (Å²) in [4.78, 5) is 4.07. The summed E-state index contributed by atoms with van der Waals surface area (Å²) < 4.78 is 0. The fraction of sp³-hybridized carbons (Fsp3) is 0.214. The van der Waals surface area contributed by atoms with Gasteiger partial charge in [-0.15, -0.1) is 0 Å². The van der Waals surface area contributed by atoms with Gasteiger partial charge in [0.2, 0.25) is 0 Å². The van der Waals surface area contributed by atoms with E-state index >= 15 is 0 Å². The van der Waals surface area contributed by atoms with Crippen LogP contribution < -0.4 is 11.1 Å². The van der Waals surface area contributed by atoms with Gasteiger partial charge < -0.3 is 11.1 Å². The summed E-state index contributed by atoms with van der Waals surface area (Å²) in [6.45, 7) is 3.43. The Labute approximate surface area is 102 Å². The monoisotopic (exact) mass is 227 g/mol. The Bertz CT molecular complexity index is 494. The van der Waals surface area contributed by atoms with Gasteiger partial charge in [-0.3, -0.25) is 4.98 Å². The van der Waals surface area contributed by atoms with Crippen molar-refractivity contribution in [1.82, 2.24) is 4.98 Å². The zero-order valence-corrected chi connectivity index (χ0v) is 9.98. The molecule has 88 valence electrons. The van der Waals surface area contributed by atoms with Gasteiger partial charge in [-0.1, -0.05) is 24.3 Å². The molecule has 0 radical (unpaired) electrons. The molecule has 3 heteroatoms. The summed E-state index contributed by atoms with van der Waals surface area (Å²) in [5, 5.41) is 3.40. The van der Waals surface area contributed by atoms with Gasteiger partial charge in [-0.05, 0) is 24.1 Å². The van der Waals surface area contributed by atoms with E-state index in [4.69, 9.17) is 5.73 Å². The van der Waals surface area contributed by atoms with Gasteiger partial charge in [0.05, 0.1) is 0 Å². The van der Waals surface area contributed by atoms with Gasteiger partial charge in [0.25, 0.3) is 0 Å². The maximum absolute atomic E-state index is 5.67. The molecule has 0 saturated carbocycles. The number of nitrogens with two attached hydrogens (primary N) is 1. The quantitative estimate of drug-likeness (QED) is 0.843. The fourth-order valence-electron chi connectivity index (χ4n) is 1.76. The highest BCUT2D eigenvalue weighted by atomic mass is 14.9. The molecule has 1 heterocycles. The van der Waals surface area contributed by atoms with Crippen LogP contribution in [0.2, 0.25) is 0 Å². The van der Waals surface area contributed by atoms with Gasteiger partial charge in [0, 0.05) is 36.7 Å². The number of anilines is 1. The first-order valence-corrected chi connectivity index (χ1v) is 5.72. The smallest absolute Gasteiger partial charge is 0.0419 e. The van der Waals surface area contributed by atoms with Crippen molar-refractivity contribution in [3.05, 3.63) is 59.4 Å². The average molecular weight is 227 g/mol. The van der Waals surface area contributed by atoms with Gasteiger partial charge in [0.1, 0.15) is 0 Å². The molecule has 0 amide bonds. The minimum atomic E-state index is 0.504. The molecule has 0 spiro atoms. The van der Waals surface area contributed by atoms with E-state index in [1.54, 1.807) is 12.4 Å². The van der Waals surface area contributed by atoms with E-state index in [1.807, 2.05) is 6.07 Å². The Kier molecular flexibility index (Phi) is 3.73. The van der Waals surface area contributed by atoms with Crippen LogP contribution in [0.15, 0.2) is 42.7 Å². The van der Waals surface area contributed by atoms with E-state index in [0.29, 0.717) is 6.54 Å². The van der Waals surface area contributed by atoms with Crippen molar-refractivity contribution >= 4 is 5.69 Å². The molecule has 3 N–H and O–H groups in total. The second-order valence-corrected chi connectivity index (χ2v) is 4.02. The number of pyridine rings is 1. The minimum Gasteiger partial charge on any atom is -0.381 e. The number of hydrogen-bond donors (Lipinski definition) is 2. The van der Waals surface area contributed by atoms with Crippen molar-refractivity contribution in [2.45, 2.75) is 20.0 Å². The first kappa shape index (κ1) is 11.6. The van der Waals surface area contributed by atoms with Crippen LogP contribution in [-0.2, 0) is 13.1 Å². The molecule has 0 saturated heterocycles. The first-order chi connectivity index (χ1) is 8.31. The highest BCUT2D eigenvalue weighted by Gasteiger charge is 2.01. The van der Waals surface area contributed by atoms with Crippen molar-refractivity contribution < 1.29 is 0 Å². The molecule has 0 aliphatic carbocycles. The standard InChI is InChI=1S/C14H17N3/c1-11-4-2-3-5-12(11)10-17-14-6-7-16-9-13(14)8-15/h2-7,9H,8,10,15H2,1H3,(H,16,17). The van der Waals surface area contributed by atoms with Crippen molar-refractivity contribution in [1.29, 1.82) is 0 Å². The number of hydrogen-bond acceptors (Lipinski definition) is 3. The molecular weight excluding hydrogens is 210 g/mol. The molecule has 0 aliphatic heterocycles. The van der Waals surface area contributed by atoms with Crippen LogP contribution in [0.1, 0.15) is 16.7 Å². The highest BCUT2D eigenvalue weighted by Crippen LogP contribution is 2.15. The van der Waals surface area contributed by atoms with Gasteiger partial charge in [-0.25, -0.2) is 0 Å². The topological polar surface area (TPSA) is 50.9 Å². The fourth-order valence-corrected chi connectivity index (χ4v) is 1.76. The van der Waals surface area contributed by atoms with Crippen molar-refractivity contribution in [2.75, 3.05) is 5.32 Å². The molecule has 0 unspecified atom stereocenters. The molecule has 3 nitrogen and oxygen atoms in total. The van der Waals surface area contributed by atoms with Gasteiger partial charge in [-0.2, -0.15) is 0 Å². The maximum atomic E-state index is 5.67. The van der Waals surface area contributed by atoms with E-state index in [2.05, 4.69) is 41.5 Å². The molecule has 2 rings (SSSR count). The summed E-state index contributed by atoms with van der Waals surface area (Å²) >= 11 is 0. The summed E-state index contributed by atoms with van der Waals surface area (Å²) in [7, 11) is 0. The predicted octanol–water partition coefficient (Wildman–Crippen LogP) is 2.46. The molecule has 0 aliphatic rings. The SMILES string of the molecule is Cc1ccccc1CNc1ccncc1CN. The van der Waals surface area contributed by atoms with Crippen LogP contribution in [0.25, 0.3) is 0 Å². The second kappa shape index (κ2) is 5.46. The van der Waals surface area contributed by atoms with E-state index < -0.39 is 0 Å². The zero-order chi connectivity index (χ0) is 12.1. The van der Waals surface area contributed by atoms with Crippen LogP contribution in [0.4, 0.5) is 5.69 Å². The molecular formula is C14H17N3. The Morgan fingerprint density at radius 2 is 2.00 bits per heavy atom. The maximum Gasteiger partial charge on any atom is 0.0419 e. The van der Waals surface area contributed by atoms with Crippen LogP contribution in [0.5, 0.6) is 0 Å². The van der Waals surface area contributed by atoms with Crippen LogP contribution in [-0.4, -0.2) is 4.98 Å². The number of nitrogens with one attached hydrogen (secondary N) is 1. The van der Waals surface area contributed by atoms with E-state index in [0.717, 1.165) is 17.8 Å². The summed E-state index contributed by atoms with van der Waals surface area (Å²) in [5.74, 6) is 0. The predicted molar refractivity (Wildman–Crippen MR) is 70.6 cm³/mol. The highest BCUT2D eigenvalue weighted by molar-refractivity contribution is 5.50. The Hall–Kier alpha value is -1.87. The average Bonchev–Trinajstić information content (AvgIpc) is 2.38.